The third-order valence-electron chi connectivity index (χ3n) is 3.14. The molecule has 0 unspecified atom stereocenters. The van der Waals surface area contributed by atoms with Crippen LogP contribution in [-0.4, -0.2) is 74.0 Å². The highest BCUT2D eigenvalue weighted by atomic mass is 19.3. The number of carbonyl (C=O) groups excluding carboxylic acids is 1. The van der Waals surface area contributed by atoms with Gasteiger partial charge in [0.05, 0.1) is 12.6 Å². The Balaban J connectivity index is 2.28. The van der Waals surface area contributed by atoms with Crippen molar-refractivity contribution in [1.29, 1.82) is 0 Å². The second kappa shape index (κ2) is 6.51. The lowest BCUT2D eigenvalue weighted by atomic mass is 10.2. The van der Waals surface area contributed by atoms with Crippen LogP contribution in [0.4, 0.5) is 17.6 Å². The smallest absolute Gasteiger partial charge is 0.330 e. The number of halogens is 4. The first-order valence-corrected chi connectivity index (χ1v) is 5.98. The summed E-state index contributed by atoms with van der Waals surface area (Å²) in [5.41, 5.74) is 0. The van der Waals surface area contributed by atoms with Gasteiger partial charge in [0.25, 0.3) is 0 Å². The van der Waals surface area contributed by atoms with Crippen molar-refractivity contribution in [3.63, 3.8) is 0 Å². The van der Waals surface area contributed by atoms with Gasteiger partial charge in [0.1, 0.15) is 6.61 Å². The van der Waals surface area contributed by atoms with E-state index in [1.54, 1.807) is 23.8 Å². The first kappa shape index (κ1) is 16.2. The maximum Gasteiger partial charge on any atom is 0.330 e. The number of nitrogens with zero attached hydrogens (tertiary/aromatic N) is 2. The topological polar surface area (TPSA) is 32.8 Å². The Morgan fingerprint density at radius 1 is 1.42 bits per heavy atom. The molecule has 0 radical (unpaired) electrons. The van der Waals surface area contributed by atoms with Crippen LogP contribution in [0.3, 0.4) is 0 Å². The Hall–Kier alpha value is -0.890. The highest BCUT2D eigenvalue weighted by Gasteiger charge is 2.41. The van der Waals surface area contributed by atoms with Crippen LogP contribution in [0, 0.1) is 0 Å². The number of hydrogen-bond donors (Lipinski definition) is 0. The fourth-order valence-corrected chi connectivity index (χ4v) is 1.82. The van der Waals surface area contributed by atoms with Crippen LogP contribution >= 0.6 is 0 Å². The molecule has 1 atom stereocenters. The summed E-state index contributed by atoms with van der Waals surface area (Å²) in [5.74, 6) is -4.17. The maximum atomic E-state index is 12.6. The Kier molecular flexibility index (Phi) is 5.54. The van der Waals surface area contributed by atoms with Gasteiger partial charge >= 0.3 is 12.3 Å². The standard InChI is InChI=1S/C11H18F4N2O2/c1-8-9(18)16(2)3-4-17(8)5-6-19-7-11(14,15)10(12)13/h8,10H,3-7H2,1-2H3/t8-/m0/s1. The average Bonchev–Trinajstić information content (AvgIpc) is 2.34. The number of likely N-dealkylation sites (N-methyl/N-ethyl adjacent to an activating group) is 1. The minimum atomic E-state index is -4.12. The molecule has 1 aliphatic rings. The zero-order chi connectivity index (χ0) is 14.6. The monoisotopic (exact) mass is 286 g/mol. The molecule has 0 aromatic heterocycles. The minimum absolute atomic E-state index is 0.0517. The molecule has 0 aliphatic carbocycles. The van der Waals surface area contributed by atoms with E-state index < -0.39 is 19.0 Å². The number of alkyl halides is 4. The first-order valence-electron chi connectivity index (χ1n) is 5.98. The van der Waals surface area contributed by atoms with Crippen LogP contribution in [0.5, 0.6) is 0 Å². The zero-order valence-corrected chi connectivity index (χ0v) is 10.9. The third-order valence-corrected chi connectivity index (χ3v) is 3.14. The van der Waals surface area contributed by atoms with Crippen LogP contribution in [-0.2, 0) is 9.53 Å². The lowest BCUT2D eigenvalue weighted by Crippen LogP contribution is -2.55. The average molecular weight is 286 g/mol. The van der Waals surface area contributed by atoms with E-state index in [2.05, 4.69) is 4.74 Å². The Morgan fingerprint density at radius 3 is 2.63 bits per heavy atom. The van der Waals surface area contributed by atoms with Gasteiger partial charge < -0.3 is 9.64 Å². The van der Waals surface area contributed by atoms with Crippen LogP contribution in [0.2, 0.25) is 0 Å². The highest BCUT2D eigenvalue weighted by molar-refractivity contribution is 5.81. The van der Waals surface area contributed by atoms with Gasteiger partial charge in [-0.1, -0.05) is 0 Å². The molecule has 0 bridgehead atoms. The summed E-state index contributed by atoms with van der Waals surface area (Å²) in [6, 6.07) is -0.349. The number of piperazine rings is 1. The van der Waals surface area contributed by atoms with E-state index in [4.69, 9.17) is 0 Å². The van der Waals surface area contributed by atoms with Crippen molar-refractivity contribution in [2.24, 2.45) is 0 Å². The molecule has 1 saturated heterocycles. The summed E-state index contributed by atoms with van der Waals surface area (Å²) in [5, 5.41) is 0. The predicted octanol–water partition coefficient (Wildman–Crippen LogP) is 1.07. The van der Waals surface area contributed by atoms with Crippen molar-refractivity contribution >= 4 is 5.91 Å². The summed E-state index contributed by atoms with van der Waals surface area (Å²) in [6.45, 7) is 1.73. The normalized spacial score (nSPS) is 22.4. The highest BCUT2D eigenvalue weighted by Crippen LogP contribution is 2.22. The van der Waals surface area contributed by atoms with Gasteiger partial charge in [0, 0.05) is 26.7 Å². The lowest BCUT2D eigenvalue weighted by Gasteiger charge is -2.37. The molecule has 1 aliphatic heterocycles. The van der Waals surface area contributed by atoms with Crippen molar-refractivity contribution in [3.8, 4) is 0 Å². The van der Waals surface area contributed by atoms with Gasteiger partial charge in [0.15, 0.2) is 0 Å². The molecule has 1 amide bonds. The SMILES string of the molecule is C[C@H]1C(=O)N(C)CCN1CCOCC(F)(F)C(F)F. The second-order valence-electron chi connectivity index (χ2n) is 4.59. The Bertz CT molecular complexity index is 315. The molecule has 8 heteroatoms. The van der Waals surface area contributed by atoms with E-state index in [1.165, 1.54) is 0 Å². The molecule has 0 aromatic carbocycles. The van der Waals surface area contributed by atoms with Gasteiger partial charge in [-0.3, -0.25) is 9.69 Å². The van der Waals surface area contributed by atoms with Crippen molar-refractivity contribution < 1.29 is 27.1 Å². The minimum Gasteiger partial charge on any atom is -0.374 e. The van der Waals surface area contributed by atoms with Crippen molar-refractivity contribution in [2.75, 3.05) is 39.9 Å². The van der Waals surface area contributed by atoms with Gasteiger partial charge in [-0.05, 0) is 6.92 Å². The van der Waals surface area contributed by atoms with Crippen molar-refractivity contribution in [3.05, 3.63) is 0 Å². The lowest BCUT2D eigenvalue weighted by molar-refractivity contribution is -0.167. The number of carbonyl (C=O) groups is 1. The number of amides is 1. The second-order valence-corrected chi connectivity index (χ2v) is 4.59. The predicted molar refractivity (Wildman–Crippen MR) is 60.4 cm³/mol. The zero-order valence-electron chi connectivity index (χ0n) is 10.9. The van der Waals surface area contributed by atoms with Crippen LogP contribution < -0.4 is 0 Å². The largest absolute Gasteiger partial charge is 0.374 e. The van der Waals surface area contributed by atoms with Crippen molar-refractivity contribution in [1.82, 2.24) is 9.80 Å². The molecule has 1 fully saturated rings. The van der Waals surface area contributed by atoms with E-state index in [1.807, 2.05) is 0 Å². The van der Waals surface area contributed by atoms with E-state index in [0.717, 1.165) is 0 Å². The number of rotatable bonds is 6. The summed E-state index contributed by atoms with van der Waals surface area (Å²) in [6.07, 6.45) is -3.73. The quantitative estimate of drug-likeness (QED) is 0.541. The van der Waals surface area contributed by atoms with Crippen LogP contribution in [0.15, 0.2) is 0 Å². The molecule has 0 N–H and O–H groups in total. The molecule has 19 heavy (non-hydrogen) atoms. The van der Waals surface area contributed by atoms with Gasteiger partial charge in [-0.2, -0.15) is 8.78 Å². The summed E-state index contributed by atoms with van der Waals surface area (Å²) < 4.78 is 53.4. The molecule has 112 valence electrons. The molecule has 0 aromatic rings. The van der Waals surface area contributed by atoms with Crippen molar-refractivity contribution in [2.45, 2.75) is 25.3 Å². The number of ether oxygens (including phenoxy) is 1. The molecule has 1 heterocycles. The van der Waals surface area contributed by atoms with E-state index in [0.29, 0.717) is 13.1 Å². The molecule has 4 nitrogen and oxygen atoms in total. The number of hydrogen-bond acceptors (Lipinski definition) is 3. The molecular weight excluding hydrogens is 268 g/mol. The fraction of sp³-hybridized carbons (Fsp3) is 0.909. The van der Waals surface area contributed by atoms with E-state index in [9.17, 15) is 22.4 Å². The Morgan fingerprint density at radius 2 is 2.05 bits per heavy atom. The third kappa shape index (κ3) is 4.31. The maximum absolute atomic E-state index is 12.6. The molecule has 1 rings (SSSR count). The first-order chi connectivity index (χ1) is 8.75. The molecule has 0 saturated carbocycles. The van der Waals surface area contributed by atoms with Gasteiger partial charge in [-0.25, -0.2) is 8.78 Å². The van der Waals surface area contributed by atoms with Gasteiger partial charge in [-0.15, -0.1) is 0 Å². The molecule has 0 spiro atoms. The summed E-state index contributed by atoms with van der Waals surface area (Å²) in [4.78, 5) is 15.0. The Labute approximate surface area is 109 Å². The summed E-state index contributed by atoms with van der Waals surface area (Å²) in [7, 11) is 1.69. The van der Waals surface area contributed by atoms with Gasteiger partial charge in [0.2, 0.25) is 5.91 Å². The fourth-order valence-electron chi connectivity index (χ4n) is 1.82. The van der Waals surface area contributed by atoms with Crippen LogP contribution in [0.25, 0.3) is 0 Å². The summed E-state index contributed by atoms with van der Waals surface area (Å²) >= 11 is 0. The van der Waals surface area contributed by atoms with E-state index >= 15 is 0 Å². The molecular formula is C11H18F4N2O2. The van der Waals surface area contributed by atoms with E-state index in [-0.39, 0.29) is 25.1 Å². The van der Waals surface area contributed by atoms with Crippen LogP contribution in [0.1, 0.15) is 6.92 Å².